The summed E-state index contributed by atoms with van der Waals surface area (Å²) < 4.78 is 3.19. The highest BCUT2D eigenvalue weighted by molar-refractivity contribution is 5.91. The second-order valence-corrected chi connectivity index (χ2v) is 8.36. The molecule has 0 spiro atoms. The molecule has 0 radical (unpaired) electrons. The summed E-state index contributed by atoms with van der Waals surface area (Å²) in [7, 11) is 1.87. The molecule has 1 N–H and O–H groups in total. The standard InChI is InChI=1S/C25H25N7O/c1-5-26-22-11-10-21-24(28-22)23(16-6-8-19(15(2)3)27-13-16)25(33)32(30-21)18-7-9-20-17(12-18)14-31(4)29-20/h6-15H,5H2,1-4H3,(H,26,28). The first-order chi connectivity index (χ1) is 15.9. The molecule has 0 saturated heterocycles. The second-order valence-electron chi connectivity index (χ2n) is 8.36. The smallest absolute Gasteiger partial charge is 0.281 e. The molecular weight excluding hydrogens is 414 g/mol. The maximum atomic E-state index is 13.8. The molecule has 33 heavy (non-hydrogen) atoms. The zero-order valence-electron chi connectivity index (χ0n) is 19.1. The van der Waals surface area contributed by atoms with Crippen LogP contribution in [0.25, 0.3) is 38.8 Å². The lowest BCUT2D eigenvalue weighted by molar-refractivity contribution is 0.780. The van der Waals surface area contributed by atoms with E-state index in [1.807, 2.05) is 62.6 Å². The van der Waals surface area contributed by atoms with Gasteiger partial charge in [0, 0.05) is 42.6 Å². The first kappa shape index (κ1) is 20.8. The molecule has 8 nitrogen and oxygen atoms in total. The van der Waals surface area contributed by atoms with E-state index in [9.17, 15) is 4.79 Å². The third kappa shape index (κ3) is 3.73. The molecule has 0 aliphatic heterocycles. The van der Waals surface area contributed by atoms with Gasteiger partial charge in [0.25, 0.3) is 5.56 Å². The van der Waals surface area contributed by atoms with Gasteiger partial charge in [0.2, 0.25) is 0 Å². The number of fused-ring (bicyclic) bond motifs is 2. The van der Waals surface area contributed by atoms with Gasteiger partial charge in [-0.05, 0) is 49.2 Å². The third-order valence-corrected chi connectivity index (χ3v) is 5.60. The van der Waals surface area contributed by atoms with Crippen LogP contribution in [0.1, 0.15) is 32.4 Å². The van der Waals surface area contributed by atoms with Crippen molar-refractivity contribution in [2.45, 2.75) is 26.7 Å². The average molecular weight is 440 g/mol. The molecule has 4 heterocycles. The van der Waals surface area contributed by atoms with E-state index in [2.05, 4.69) is 34.3 Å². The molecule has 5 aromatic rings. The summed E-state index contributed by atoms with van der Waals surface area (Å²) >= 11 is 0. The number of aryl methyl sites for hydroxylation is 1. The number of hydrogen-bond donors (Lipinski definition) is 1. The minimum absolute atomic E-state index is 0.244. The average Bonchev–Trinajstić information content (AvgIpc) is 3.18. The highest BCUT2D eigenvalue weighted by atomic mass is 16.1. The lowest BCUT2D eigenvalue weighted by Gasteiger charge is -2.13. The number of anilines is 1. The summed E-state index contributed by atoms with van der Waals surface area (Å²) in [6.45, 7) is 6.92. The molecule has 0 aliphatic rings. The van der Waals surface area contributed by atoms with Crippen molar-refractivity contribution in [3.05, 3.63) is 70.9 Å². The molecule has 0 aliphatic carbocycles. The summed E-state index contributed by atoms with van der Waals surface area (Å²) in [5.41, 5.74) is 4.64. The van der Waals surface area contributed by atoms with E-state index in [-0.39, 0.29) is 5.56 Å². The predicted octanol–water partition coefficient (Wildman–Crippen LogP) is 4.28. The Morgan fingerprint density at radius 2 is 1.85 bits per heavy atom. The SMILES string of the molecule is CCNc1ccc2nn(-c3ccc4nn(C)cc4c3)c(=O)c(-c3ccc(C(C)C)nc3)c2n1. The van der Waals surface area contributed by atoms with Crippen LogP contribution < -0.4 is 10.9 Å². The van der Waals surface area contributed by atoms with Gasteiger partial charge < -0.3 is 5.32 Å². The van der Waals surface area contributed by atoms with E-state index in [0.717, 1.165) is 23.1 Å². The van der Waals surface area contributed by atoms with Crippen LogP contribution in [0.2, 0.25) is 0 Å². The number of hydrogen-bond acceptors (Lipinski definition) is 6. The Morgan fingerprint density at radius 1 is 1.03 bits per heavy atom. The molecule has 8 heteroatoms. The molecule has 0 amide bonds. The first-order valence-electron chi connectivity index (χ1n) is 11.0. The number of aromatic nitrogens is 6. The Bertz CT molecular complexity index is 1530. The Hall–Kier alpha value is -4.07. The van der Waals surface area contributed by atoms with Gasteiger partial charge in [0.1, 0.15) is 16.9 Å². The number of pyridine rings is 2. The fraction of sp³-hybridized carbons (Fsp3) is 0.240. The quantitative estimate of drug-likeness (QED) is 0.439. The number of benzene rings is 1. The summed E-state index contributed by atoms with van der Waals surface area (Å²) in [4.78, 5) is 23.1. The molecule has 0 atom stereocenters. The van der Waals surface area contributed by atoms with Gasteiger partial charge in [-0.3, -0.25) is 14.5 Å². The van der Waals surface area contributed by atoms with Crippen molar-refractivity contribution in [2.24, 2.45) is 7.05 Å². The van der Waals surface area contributed by atoms with E-state index in [4.69, 9.17) is 4.98 Å². The van der Waals surface area contributed by atoms with Gasteiger partial charge in [-0.2, -0.15) is 14.9 Å². The zero-order valence-corrected chi connectivity index (χ0v) is 19.1. The van der Waals surface area contributed by atoms with E-state index < -0.39 is 0 Å². The van der Waals surface area contributed by atoms with Crippen LogP contribution in [0.3, 0.4) is 0 Å². The number of nitrogens with one attached hydrogen (secondary N) is 1. The van der Waals surface area contributed by atoms with Crippen LogP contribution in [0, 0.1) is 0 Å². The zero-order chi connectivity index (χ0) is 23.1. The van der Waals surface area contributed by atoms with Crippen LogP contribution in [-0.2, 0) is 7.05 Å². The molecule has 0 unspecified atom stereocenters. The van der Waals surface area contributed by atoms with Gasteiger partial charge in [-0.25, -0.2) is 4.98 Å². The van der Waals surface area contributed by atoms with Gasteiger partial charge >= 0.3 is 0 Å². The van der Waals surface area contributed by atoms with Crippen LogP contribution in [0.5, 0.6) is 0 Å². The van der Waals surface area contributed by atoms with E-state index in [0.29, 0.717) is 39.6 Å². The first-order valence-corrected chi connectivity index (χ1v) is 11.0. The fourth-order valence-electron chi connectivity index (χ4n) is 3.95. The van der Waals surface area contributed by atoms with E-state index in [1.54, 1.807) is 10.9 Å². The molecule has 5 rings (SSSR count). The Morgan fingerprint density at radius 3 is 2.58 bits per heavy atom. The fourth-order valence-corrected chi connectivity index (χ4v) is 3.95. The van der Waals surface area contributed by atoms with Crippen LogP contribution in [0.15, 0.2) is 59.7 Å². The highest BCUT2D eigenvalue weighted by Crippen LogP contribution is 2.26. The monoisotopic (exact) mass is 439 g/mol. The predicted molar refractivity (Wildman–Crippen MR) is 131 cm³/mol. The summed E-state index contributed by atoms with van der Waals surface area (Å²) in [6, 6.07) is 13.3. The van der Waals surface area contributed by atoms with Gasteiger partial charge in [0.05, 0.1) is 16.8 Å². The van der Waals surface area contributed by atoms with E-state index in [1.165, 1.54) is 4.68 Å². The molecular formula is C25H25N7O. The summed E-state index contributed by atoms with van der Waals surface area (Å²) in [5.74, 6) is 1.00. The summed E-state index contributed by atoms with van der Waals surface area (Å²) in [5, 5.41) is 13.2. The van der Waals surface area contributed by atoms with Gasteiger partial charge in [-0.15, -0.1) is 0 Å². The Labute approximate surface area is 190 Å². The molecule has 1 aromatic carbocycles. The second kappa shape index (κ2) is 8.12. The number of nitrogens with zero attached hydrogens (tertiary/aromatic N) is 6. The summed E-state index contributed by atoms with van der Waals surface area (Å²) in [6.07, 6.45) is 3.67. The lowest BCUT2D eigenvalue weighted by atomic mass is 10.0. The normalized spacial score (nSPS) is 11.5. The van der Waals surface area contributed by atoms with Crippen molar-refractivity contribution in [1.29, 1.82) is 0 Å². The van der Waals surface area contributed by atoms with Crippen molar-refractivity contribution in [3.8, 4) is 16.8 Å². The maximum Gasteiger partial charge on any atom is 0.281 e. The van der Waals surface area contributed by atoms with Crippen molar-refractivity contribution in [2.75, 3.05) is 11.9 Å². The van der Waals surface area contributed by atoms with Crippen molar-refractivity contribution in [1.82, 2.24) is 29.5 Å². The van der Waals surface area contributed by atoms with Gasteiger partial charge in [0.15, 0.2) is 0 Å². The van der Waals surface area contributed by atoms with Crippen molar-refractivity contribution >= 4 is 27.8 Å². The molecule has 0 fully saturated rings. The third-order valence-electron chi connectivity index (χ3n) is 5.60. The molecule has 4 aromatic heterocycles. The largest absolute Gasteiger partial charge is 0.370 e. The van der Waals surface area contributed by atoms with Crippen LogP contribution in [0.4, 0.5) is 5.82 Å². The topological polar surface area (TPSA) is 90.5 Å². The Kier molecular flexibility index (Phi) is 5.12. The maximum absolute atomic E-state index is 13.8. The minimum Gasteiger partial charge on any atom is -0.370 e. The highest BCUT2D eigenvalue weighted by Gasteiger charge is 2.18. The Balaban J connectivity index is 1.78. The molecule has 0 saturated carbocycles. The van der Waals surface area contributed by atoms with E-state index >= 15 is 0 Å². The van der Waals surface area contributed by atoms with Crippen molar-refractivity contribution < 1.29 is 0 Å². The van der Waals surface area contributed by atoms with Crippen LogP contribution >= 0.6 is 0 Å². The molecule has 0 bridgehead atoms. The molecule has 166 valence electrons. The van der Waals surface area contributed by atoms with Crippen molar-refractivity contribution in [3.63, 3.8) is 0 Å². The lowest BCUT2D eigenvalue weighted by Crippen LogP contribution is -2.24. The minimum atomic E-state index is -0.244. The van der Waals surface area contributed by atoms with Gasteiger partial charge in [-0.1, -0.05) is 19.9 Å². The number of rotatable bonds is 5. The van der Waals surface area contributed by atoms with Crippen LogP contribution in [-0.4, -0.2) is 36.1 Å².